The zero-order valence-corrected chi connectivity index (χ0v) is 15.7. The summed E-state index contributed by atoms with van der Waals surface area (Å²) in [5, 5.41) is 9.35. The van der Waals surface area contributed by atoms with E-state index in [9.17, 15) is 18.5 Å². The van der Waals surface area contributed by atoms with Gasteiger partial charge in [0.15, 0.2) is 15.8 Å². The number of carbonyl (C=O) groups is 1. The van der Waals surface area contributed by atoms with Gasteiger partial charge in [-0.15, -0.1) is 12.4 Å². The molecule has 0 radical (unpaired) electrons. The van der Waals surface area contributed by atoms with Crippen molar-refractivity contribution in [2.75, 3.05) is 6.26 Å². The summed E-state index contributed by atoms with van der Waals surface area (Å²) in [6.45, 7) is 1.90. The monoisotopic (exact) mass is 392 g/mol. The summed E-state index contributed by atoms with van der Waals surface area (Å²) in [7, 11) is -3.67. The van der Waals surface area contributed by atoms with Crippen molar-refractivity contribution in [3.05, 3.63) is 53.1 Å². The SMILES string of the molecule is Cc1ccc(-c2cc(C#N)c(C(=O)N=C(N)N)cc2S(C)(=O)=O)cc1.Cl. The Kier molecular flexibility index (Phi) is 6.50. The van der Waals surface area contributed by atoms with Crippen LogP contribution in [0, 0.1) is 18.3 Å². The van der Waals surface area contributed by atoms with E-state index in [-0.39, 0.29) is 28.4 Å². The molecule has 0 saturated heterocycles. The molecule has 4 N–H and O–H groups in total. The summed E-state index contributed by atoms with van der Waals surface area (Å²) in [6, 6.07) is 11.5. The summed E-state index contributed by atoms with van der Waals surface area (Å²) in [6.07, 6.45) is 1.03. The van der Waals surface area contributed by atoms with Gasteiger partial charge in [0.2, 0.25) is 0 Å². The number of rotatable bonds is 3. The number of nitrogens with two attached hydrogens (primary N) is 2. The number of benzene rings is 2. The van der Waals surface area contributed by atoms with Crippen molar-refractivity contribution in [3.63, 3.8) is 0 Å². The molecule has 1 amide bonds. The topological polar surface area (TPSA) is 139 Å². The number of halogens is 1. The van der Waals surface area contributed by atoms with Crippen molar-refractivity contribution in [1.29, 1.82) is 5.26 Å². The molecule has 0 aliphatic heterocycles. The van der Waals surface area contributed by atoms with Gasteiger partial charge in [-0.05, 0) is 24.6 Å². The van der Waals surface area contributed by atoms with Crippen molar-refractivity contribution in [2.24, 2.45) is 16.5 Å². The van der Waals surface area contributed by atoms with Crippen LogP contribution in [0.25, 0.3) is 11.1 Å². The number of carbonyl (C=O) groups excluding carboxylic acids is 1. The molecule has 7 nitrogen and oxygen atoms in total. The van der Waals surface area contributed by atoms with E-state index in [0.29, 0.717) is 11.1 Å². The zero-order chi connectivity index (χ0) is 18.8. The number of sulfone groups is 1. The first-order valence-corrected chi connectivity index (χ1v) is 9.02. The molecule has 0 aromatic heterocycles. The second-order valence-corrected chi connectivity index (χ2v) is 7.47. The highest BCUT2D eigenvalue weighted by Gasteiger charge is 2.21. The minimum Gasteiger partial charge on any atom is -0.370 e. The summed E-state index contributed by atoms with van der Waals surface area (Å²) in [5.74, 6) is -1.35. The van der Waals surface area contributed by atoms with E-state index in [2.05, 4.69) is 4.99 Å². The summed E-state index contributed by atoms with van der Waals surface area (Å²) >= 11 is 0. The second kappa shape index (κ2) is 7.99. The Labute approximate surface area is 157 Å². The van der Waals surface area contributed by atoms with Gasteiger partial charge in [0, 0.05) is 11.8 Å². The number of guanidine groups is 1. The fraction of sp³-hybridized carbons (Fsp3) is 0.118. The standard InChI is InChI=1S/C17H16N4O3S.ClH/c1-10-3-5-11(6-4-10)13-7-12(9-18)14(16(22)21-17(19)20)8-15(13)25(2,23)24;/h3-8H,1-2H3,(H4,19,20,21,22);1H. The van der Waals surface area contributed by atoms with Crippen molar-refractivity contribution < 1.29 is 13.2 Å². The highest BCUT2D eigenvalue weighted by Crippen LogP contribution is 2.31. The first-order valence-electron chi connectivity index (χ1n) is 7.12. The molecular weight excluding hydrogens is 376 g/mol. The van der Waals surface area contributed by atoms with Crippen LogP contribution in [0.5, 0.6) is 0 Å². The van der Waals surface area contributed by atoms with Gasteiger partial charge in [0.25, 0.3) is 5.91 Å². The van der Waals surface area contributed by atoms with Crippen LogP contribution < -0.4 is 11.5 Å². The number of aryl methyl sites for hydroxylation is 1. The maximum absolute atomic E-state index is 12.2. The molecule has 9 heteroatoms. The molecule has 0 aliphatic rings. The molecule has 0 unspecified atom stereocenters. The molecule has 136 valence electrons. The summed E-state index contributed by atoms with van der Waals surface area (Å²) < 4.78 is 24.4. The Morgan fingerprint density at radius 1 is 1.15 bits per heavy atom. The number of hydrogen-bond donors (Lipinski definition) is 2. The predicted octanol–water partition coefficient (Wildman–Crippen LogP) is 1.77. The van der Waals surface area contributed by atoms with Crippen LogP contribution in [-0.2, 0) is 9.84 Å². The van der Waals surface area contributed by atoms with E-state index in [1.54, 1.807) is 12.1 Å². The minimum absolute atomic E-state index is 0. The lowest BCUT2D eigenvalue weighted by atomic mass is 9.98. The van der Waals surface area contributed by atoms with Crippen LogP contribution in [0.4, 0.5) is 0 Å². The Balaban J connectivity index is 0.00000338. The molecule has 0 fully saturated rings. The molecule has 2 aromatic carbocycles. The highest BCUT2D eigenvalue weighted by molar-refractivity contribution is 7.90. The molecule has 0 saturated carbocycles. The number of aliphatic imine (C=N–C) groups is 1. The van der Waals surface area contributed by atoms with Gasteiger partial charge in [-0.25, -0.2) is 8.42 Å². The molecule has 0 aliphatic carbocycles. The van der Waals surface area contributed by atoms with E-state index >= 15 is 0 Å². The lowest BCUT2D eigenvalue weighted by Crippen LogP contribution is -2.24. The molecule has 26 heavy (non-hydrogen) atoms. The van der Waals surface area contributed by atoms with Crippen molar-refractivity contribution in [2.45, 2.75) is 11.8 Å². The van der Waals surface area contributed by atoms with Gasteiger partial charge >= 0.3 is 0 Å². The van der Waals surface area contributed by atoms with E-state index < -0.39 is 21.7 Å². The van der Waals surface area contributed by atoms with Crippen molar-refractivity contribution in [1.82, 2.24) is 0 Å². The average molecular weight is 393 g/mol. The van der Waals surface area contributed by atoms with E-state index in [1.165, 1.54) is 6.07 Å². The fourth-order valence-corrected chi connectivity index (χ4v) is 3.20. The largest absolute Gasteiger partial charge is 0.370 e. The van der Waals surface area contributed by atoms with Crippen molar-refractivity contribution >= 4 is 34.1 Å². The third-order valence-electron chi connectivity index (χ3n) is 3.46. The number of hydrogen-bond acceptors (Lipinski definition) is 4. The summed E-state index contributed by atoms with van der Waals surface area (Å²) in [4.78, 5) is 15.4. The Hall–Kier alpha value is -2.89. The lowest BCUT2D eigenvalue weighted by molar-refractivity contribution is 0.100. The number of amides is 1. The smallest absolute Gasteiger partial charge is 0.281 e. The van der Waals surface area contributed by atoms with Crippen LogP contribution in [0.2, 0.25) is 0 Å². The maximum atomic E-state index is 12.2. The van der Waals surface area contributed by atoms with Gasteiger partial charge in [0.05, 0.1) is 22.1 Å². The quantitative estimate of drug-likeness (QED) is 0.602. The summed E-state index contributed by atoms with van der Waals surface area (Å²) in [5.41, 5.74) is 12.1. The van der Waals surface area contributed by atoms with Crippen molar-refractivity contribution in [3.8, 4) is 17.2 Å². The van der Waals surface area contributed by atoms with Crippen LogP contribution in [0.3, 0.4) is 0 Å². The molecule has 0 atom stereocenters. The van der Waals surface area contributed by atoms with Gasteiger partial charge < -0.3 is 11.5 Å². The van der Waals surface area contributed by atoms with Gasteiger partial charge in [-0.2, -0.15) is 10.3 Å². The highest BCUT2D eigenvalue weighted by atomic mass is 35.5. The Morgan fingerprint density at radius 2 is 1.73 bits per heavy atom. The van der Waals surface area contributed by atoms with E-state index in [1.807, 2.05) is 25.1 Å². The van der Waals surface area contributed by atoms with E-state index in [0.717, 1.165) is 17.9 Å². The Morgan fingerprint density at radius 3 is 2.19 bits per heavy atom. The fourth-order valence-electron chi connectivity index (χ4n) is 2.29. The van der Waals surface area contributed by atoms with Crippen LogP contribution in [0.15, 0.2) is 46.3 Å². The third kappa shape index (κ3) is 4.59. The molecule has 2 rings (SSSR count). The lowest BCUT2D eigenvalue weighted by Gasteiger charge is -2.12. The minimum atomic E-state index is -3.67. The average Bonchev–Trinajstić information content (AvgIpc) is 2.52. The third-order valence-corrected chi connectivity index (χ3v) is 4.60. The van der Waals surface area contributed by atoms with Crippen LogP contribution in [-0.4, -0.2) is 26.5 Å². The molecule has 0 bridgehead atoms. The van der Waals surface area contributed by atoms with Crippen LogP contribution in [0.1, 0.15) is 21.5 Å². The molecule has 2 aromatic rings. The Bertz CT molecular complexity index is 1020. The second-order valence-electron chi connectivity index (χ2n) is 5.49. The molecule has 0 heterocycles. The predicted molar refractivity (Wildman–Crippen MR) is 102 cm³/mol. The van der Waals surface area contributed by atoms with Gasteiger partial charge in [-0.3, -0.25) is 4.79 Å². The zero-order valence-electron chi connectivity index (χ0n) is 14.1. The molecule has 0 spiro atoms. The van der Waals surface area contributed by atoms with Gasteiger partial charge in [0.1, 0.15) is 0 Å². The number of nitrogens with zero attached hydrogens (tertiary/aromatic N) is 2. The normalized spacial score (nSPS) is 10.3. The van der Waals surface area contributed by atoms with Crippen LogP contribution >= 0.6 is 12.4 Å². The maximum Gasteiger partial charge on any atom is 0.281 e. The first-order chi connectivity index (χ1) is 11.6. The van der Waals surface area contributed by atoms with E-state index in [4.69, 9.17) is 11.5 Å². The first kappa shape index (κ1) is 21.2. The molecular formula is C17H17ClN4O3S. The number of nitriles is 1. The van der Waals surface area contributed by atoms with Gasteiger partial charge in [-0.1, -0.05) is 29.8 Å².